The number of hydrogen-bond acceptors (Lipinski definition) is 3. The van der Waals surface area contributed by atoms with Gasteiger partial charge < -0.3 is 9.73 Å². The number of halogens is 2. The predicted molar refractivity (Wildman–Crippen MR) is 61.1 cm³/mol. The van der Waals surface area contributed by atoms with Gasteiger partial charge in [-0.1, -0.05) is 0 Å². The molecule has 0 spiro atoms. The average Bonchev–Trinajstić information content (AvgIpc) is 2.85. The molecule has 0 unspecified atom stereocenters. The lowest BCUT2D eigenvalue weighted by molar-refractivity contribution is 0.0986. The van der Waals surface area contributed by atoms with Crippen LogP contribution < -0.4 is 5.32 Å². The van der Waals surface area contributed by atoms with E-state index in [9.17, 15) is 13.6 Å². The summed E-state index contributed by atoms with van der Waals surface area (Å²) in [5, 5.41) is 2.80. The molecule has 2 rings (SSSR count). The van der Waals surface area contributed by atoms with Gasteiger partial charge in [-0.3, -0.25) is 4.79 Å². The molecule has 0 aliphatic heterocycles. The normalized spacial score (nSPS) is 10.6. The van der Waals surface area contributed by atoms with Gasteiger partial charge in [-0.2, -0.15) is 0 Å². The van der Waals surface area contributed by atoms with E-state index < -0.39 is 17.4 Å². The number of furan rings is 1. The predicted octanol–water partition coefficient (Wildman–Crippen LogP) is 2.53. The zero-order valence-electron chi connectivity index (χ0n) is 9.45. The van der Waals surface area contributed by atoms with Crippen molar-refractivity contribution in [2.24, 2.45) is 0 Å². The number of hydrogen-bond donors (Lipinski definition) is 1. The summed E-state index contributed by atoms with van der Waals surface area (Å²) in [7, 11) is 0. The number of ketones is 1. The van der Waals surface area contributed by atoms with E-state index in [1.807, 2.05) is 0 Å². The Balaban J connectivity index is 1.93. The van der Waals surface area contributed by atoms with E-state index in [0.29, 0.717) is 12.3 Å². The van der Waals surface area contributed by atoms with Crippen molar-refractivity contribution in [3.63, 3.8) is 0 Å². The first-order chi connectivity index (χ1) is 8.66. The van der Waals surface area contributed by atoms with Crippen LogP contribution in [0.3, 0.4) is 0 Å². The van der Waals surface area contributed by atoms with Crippen molar-refractivity contribution in [2.75, 3.05) is 6.54 Å². The summed E-state index contributed by atoms with van der Waals surface area (Å²) in [4.78, 5) is 11.6. The van der Waals surface area contributed by atoms with Gasteiger partial charge in [0.15, 0.2) is 5.78 Å². The van der Waals surface area contributed by atoms with Crippen molar-refractivity contribution in [1.82, 2.24) is 5.32 Å². The summed E-state index contributed by atoms with van der Waals surface area (Å²) in [5.41, 5.74) is -0.248. The molecule has 1 heterocycles. The number of Topliss-reactive ketones (excluding diaryl/α,β-unsaturated/α-hetero) is 1. The maximum atomic E-state index is 13.3. The fraction of sp³-hybridized carbons (Fsp3) is 0.154. The quantitative estimate of drug-likeness (QED) is 0.830. The molecule has 0 saturated carbocycles. The molecule has 94 valence electrons. The van der Waals surface area contributed by atoms with Crippen molar-refractivity contribution in [3.05, 3.63) is 59.6 Å². The molecule has 0 fully saturated rings. The molecule has 18 heavy (non-hydrogen) atoms. The molecule has 0 saturated heterocycles. The third kappa shape index (κ3) is 3.01. The zero-order chi connectivity index (χ0) is 13.0. The molecule has 0 radical (unpaired) electrons. The van der Waals surface area contributed by atoms with Gasteiger partial charge in [0, 0.05) is 0 Å². The molecular weight excluding hydrogens is 240 g/mol. The summed E-state index contributed by atoms with van der Waals surface area (Å²) in [6, 6.07) is 6.29. The molecule has 2 aromatic rings. The van der Waals surface area contributed by atoms with Crippen molar-refractivity contribution in [2.45, 2.75) is 6.54 Å². The Morgan fingerprint density at radius 3 is 2.83 bits per heavy atom. The number of nitrogens with one attached hydrogen (secondary N) is 1. The molecule has 1 aromatic carbocycles. The SMILES string of the molecule is O=C(CNCc1ccco1)c1cc(F)ccc1F. The molecule has 1 N–H and O–H groups in total. The van der Waals surface area contributed by atoms with E-state index in [4.69, 9.17) is 4.42 Å². The minimum Gasteiger partial charge on any atom is -0.468 e. The minimum atomic E-state index is -0.721. The summed E-state index contributed by atoms with van der Waals surface area (Å²) >= 11 is 0. The third-order valence-corrected chi connectivity index (χ3v) is 2.39. The first-order valence-electron chi connectivity index (χ1n) is 5.38. The van der Waals surface area contributed by atoms with Gasteiger partial charge in [-0.15, -0.1) is 0 Å². The Hall–Kier alpha value is -2.01. The number of carbonyl (C=O) groups is 1. The number of rotatable bonds is 5. The van der Waals surface area contributed by atoms with Crippen LogP contribution in [-0.4, -0.2) is 12.3 Å². The highest BCUT2D eigenvalue weighted by molar-refractivity contribution is 5.97. The summed E-state index contributed by atoms with van der Waals surface area (Å²) in [6.07, 6.45) is 1.52. The molecular formula is C13H11F2NO2. The van der Waals surface area contributed by atoms with Gasteiger partial charge in [0.05, 0.1) is 24.9 Å². The second-order valence-corrected chi connectivity index (χ2v) is 3.73. The van der Waals surface area contributed by atoms with E-state index >= 15 is 0 Å². The molecule has 5 heteroatoms. The van der Waals surface area contributed by atoms with Crippen LogP contribution in [0.5, 0.6) is 0 Å². The Bertz CT molecular complexity index is 538. The Morgan fingerprint density at radius 1 is 1.28 bits per heavy atom. The largest absolute Gasteiger partial charge is 0.468 e. The summed E-state index contributed by atoms with van der Waals surface area (Å²) < 4.78 is 31.2. The van der Waals surface area contributed by atoms with Crippen molar-refractivity contribution >= 4 is 5.78 Å². The monoisotopic (exact) mass is 251 g/mol. The molecule has 1 aromatic heterocycles. The van der Waals surface area contributed by atoms with Crippen LogP contribution in [0.25, 0.3) is 0 Å². The van der Waals surface area contributed by atoms with Gasteiger partial charge in [0.25, 0.3) is 0 Å². The van der Waals surface area contributed by atoms with Gasteiger partial charge in [-0.25, -0.2) is 8.78 Å². The lowest BCUT2D eigenvalue weighted by atomic mass is 10.1. The van der Waals surface area contributed by atoms with Crippen molar-refractivity contribution < 1.29 is 18.0 Å². The smallest absolute Gasteiger partial charge is 0.179 e. The third-order valence-electron chi connectivity index (χ3n) is 2.39. The zero-order valence-corrected chi connectivity index (χ0v) is 9.45. The molecule has 0 aliphatic carbocycles. The number of benzene rings is 1. The molecule has 3 nitrogen and oxygen atoms in total. The van der Waals surface area contributed by atoms with Crippen LogP contribution >= 0.6 is 0 Å². The van der Waals surface area contributed by atoms with E-state index in [1.165, 1.54) is 6.26 Å². The Morgan fingerprint density at radius 2 is 2.11 bits per heavy atom. The van der Waals surface area contributed by atoms with Crippen LogP contribution in [-0.2, 0) is 6.54 Å². The molecule has 0 bridgehead atoms. The highest BCUT2D eigenvalue weighted by Gasteiger charge is 2.12. The lowest BCUT2D eigenvalue weighted by Gasteiger charge is -2.04. The fourth-order valence-corrected chi connectivity index (χ4v) is 1.52. The topological polar surface area (TPSA) is 42.2 Å². The minimum absolute atomic E-state index is 0.0823. The van der Waals surface area contributed by atoms with Crippen molar-refractivity contribution in [1.29, 1.82) is 0 Å². The van der Waals surface area contributed by atoms with Crippen LogP contribution in [0, 0.1) is 11.6 Å². The molecule has 0 amide bonds. The van der Waals surface area contributed by atoms with Gasteiger partial charge in [-0.05, 0) is 30.3 Å². The Kier molecular flexibility index (Phi) is 3.84. The first kappa shape index (κ1) is 12.4. The van der Waals surface area contributed by atoms with Gasteiger partial charge in [0.2, 0.25) is 0 Å². The van der Waals surface area contributed by atoms with E-state index in [-0.39, 0.29) is 12.1 Å². The summed E-state index contributed by atoms with van der Waals surface area (Å²) in [6.45, 7) is 0.275. The highest BCUT2D eigenvalue weighted by Crippen LogP contribution is 2.10. The Labute approximate surface area is 102 Å². The van der Waals surface area contributed by atoms with Gasteiger partial charge >= 0.3 is 0 Å². The van der Waals surface area contributed by atoms with Crippen LogP contribution in [0.15, 0.2) is 41.0 Å². The van der Waals surface area contributed by atoms with Crippen LogP contribution in [0.1, 0.15) is 16.1 Å². The standard InChI is InChI=1S/C13H11F2NO2/c14-9-3-4-12(15)11(6-9)13(17)8-16-7-10-2-1-5-18-10/h1-6,16H,7-8H2. The lowest BCUT2D eigenvalue weighted by Crippen LogP contribution is -2.23. The second kappa shape index (κ2) is 5.55. The maximum Gasteiger partial charge on any atom is 0.179 e. The van der Waals surface area contributed by atoms with Crippen molar-refractivity contribution in [3.8, 4) is 0 Å². The number of carbonyl (C=O) groups excluding carboxylic acids is 1. The van der Waals surface area contributed by atoms with E-state index in [1.54, 1.807) is 12.1 Å². The molecule has 0 aliphatic rings. The first-order valence-corrected chi connectivity index (χ1v) is 5.38. The van der Waals surface area contributed by atoms with Crippen LogP contribution in [0.2, 0.25) is 0 Å². The fourth-order valence-electron chi connectivity index (χ4n) is 1.52. The summed E-state index contributed by atoms with van der Waals surface area (Å²) in [5.74, 6) is -1.19. The van der Waals surface area contributed by atoms with Crippen LogP contribution in [0.4, 0.5) is 8.78 Å². The second-order valence-electron chi connectivity index (χ2n) is 3.73. The van der Waals surface area contributed by atoms with Gasteiger partial charge in [0.1, 0.15) is 17.4 Å². The van der Waals surface area contributed by atoms with E-state index in [2.05, 4.69) is 5.32 Å². The maximum absolute atomic E-state index is 13.3. The average molecular weight is 251 g/mol. The highest BCUT2D eigenvalue weighted by atomic mass is 19.1. The molecule has 0 atom stereocenters. The van der Waals surface area contributed by atoms with E-state index in [0.717, 1.165) is 18.2 Å².